The molecule has 0 unspecified atom stereocenters. The number of nitrogens with one attached hydrogen (secondary N) is 1. The zero-order chi connectivity index (χ0) is 16.9. The van der Waals surface area contributed by atoms with Crippen LogP contribution in [0.3, 0.4) is 0 Å². The van der Waals surface area contributed by atoms with Crippen molar-refractivity contribution in [2.45, 2.75) is 47.1 Å². The van der Waals surface area contributed by atoms with Gasteiger partial charge in [0.15, 0.2) is 0 Å². The number of rotatable bonds is 7. The average molecular weight is 303 g/mol. The predicted molar refractivity (Wildman–Crippen MR) is 82.2 cm³/mol. The van der Waals surface area contributed by atoms with Gasteiger partial charge in [0.1, 0.15) is 12.2 Å². The van der Waals surface area contributed by atoms with E-state index >= 15 is 0 Å². The van der Waals surface area contributed by atoms with E-state index in [-0.39, 0.29) is 13.2 Å². The fourth-order valence-corrected chi connectivity index (χ4v) is 0.958. The normalized spacial score (nSPS) is 10.0. The third kappa shape index (κ3) is 16.4. The molecule has 0 aliphatic rings. The first-order valence-corrected chi connectivity index (χ1v) is 7.09. The highest BCUT2D eigenvalue weighted by Crippen LogP contribution is 2.05. The number of hydrogen-bond acceptors (Lipinski definition) is 5. The van der Waals surface area contributed by atoms with E-state index in [0.717, 1.165) is 0 Å². The summed E-state index contributed by atoms with van der Waals surface area (Å²) >= 11 is 0. The summed E-state index contributed by atoms with van der Waals surface area (Å²) in [5.74, 6) is -0.435. The molecule has 21 heavy (non-hydrogen) atoms. The largest absolute Gasteiger partial charge is 0.460 e. The quantitative estimate of drug-likeness (QED) is 0.444. The minimum absolute atomic E-state index is 0.165. The number of esters is 1. The van der Waals surface area contributed by atoms with Crippen LogP contribution < -0.4 is 5.32 Å². The molecule has 1 N–H and O–H groups in total. The summed E-state index contributed by atoms with van der Waals surface area (Å²) in [7, 11) is 0. The topological polar surface area (TPSA) is 73.9 Å². The smallest absolute Gasteiger partial charge is 0.407 e. The van der Waals surface area contributed by atoms with E-state index in [0.29, 0.717) is 18.7 Å². The maximum Gasteiger partial charge on any atom is 0.407 e. The fourth-order valence-electron chi connectivity index (χ4n) is 0.958. The van der Waals surface area contributed by atoms with Crippen LogP contribution in [-0.2, 0) is 19.0 Å². The van der Waals surface area contributed by atoms with Crippen molar-refractivity contribution in [3.8, 4) is 0 Å². The van der Waals surface area contributed by atoms with Crippen LogP contribution >= 0.6 is 0 Å². The molecule has 0 bridgehead atoms. The zero-order valence-electron chi connectivity index (χ0n) is 14.1. The minimum Gasteiger partial charge on any atom is -0.460 e. The standard InChI is InChI=1S/C13H23NO5.C2H6/c1-10(2)11(15)18-9-8-17-7-6-14-12(16)19-13(3,4)5;1-2/h1,6-9H2,2-5H3,(H,14,16);1-2H3. The lowest BCUT2D eigenvalue weighted by atomic mass is 10.2. The number of amides is 1. The van der Waals surface area contributed by atoms with Gasteiger partial charge in [-0.25, -0.2) is 9.59 Å². The van der Waals surface area contributed by atoms with Gasteiger partial charge in [-0.1, -0.05) is 20.4 Å². The minimum atomic E-state index is -0.512. The summed E-state index contributed by atoms with van der Waals surface area (Å²) in [4.78, 5) is 22.2. The Morgan fingerprint density at radius 2 is 1.67 bits per heavy atom. The SMILES string of the molecule is C=C(C)C(=O)OCCOCCNC(=O)OC(C)(C)C.CC. The van der Waals surface area contributed by atoms with Crippen molar-refractivity contribution in [1.29, 1.82) is 0 Å². The van der Waals surface area contributed by atoms with E-state index in [9.17, 15) is 9.59 Å². The van der Waals surface area contributed by atoms with Gasteiger partial charge in [0.2, 0.25) is 0 Å². The Labute approximate surface area is 127 Å². The first kappa shape index (κ1) is 21.7. The highest BCUT2D eigenvalue weighted by molar-refractivity contribution is 5.86. The van der Waals surface area contributed by atoms with Gasteiger partial charge in [-0.15, -0.1) is 0 Å². The van der Waals surface area contributed by atoms with Crippen LogP contribution in [0, 0.1) is 0 Å². The van der Waals surface area contributed by atoms with E-state index in [2.05, 4.69) is 11.9 Å². The molecule has 6 nitrogen and oxygen atoms in total. The lowest BCUT2D eigenvalue weighted by Crippen LogP contribution is -2.34. The summed E-state index contributed by atoms with van der Waals surface area (Å²) in [6.07, 6.45) is -0.482. The Morgan fingerprint density at radius 1 is 1.10 bits per heavy atom. The zero-order valence-corrected chi connectivity index (χ0v) is 14.1. The molecule has 0 rings (SSSR count). The van der Waals surface area contributed by atoms with E-state index in [1.165, 1.54) is 0 Å². The molecule has 0 spiro atoms. The van der Waals surface area contributed by atoms with Gasteiger partial charge < -0.3 is 19.5 Å². The molecule has 6 heteroatoms. The van der Waals surface area contributed by atoms with Crippen LogP contribution in [-0.4, -0.2) is 44.0 Å². The van der Waals surface area contributed by atoms with E-state index in [1.54, 1.807) is 27.7 Å². The van der Waals surface area contributed by atoms with Crippen molar-refractivity contribution in [1.82, 2.24) is 5.32 Å². The molecule has 0 aliphatic carbocycles. The van der Waals surface area contributed by atoms with Crippen molar-refractivity contribution in [2.75, 3.05) is 26.4 Å². The number of carbonyl (C=O) groups is 2. The Kier molecular flexibility index (Phi) is 12.6. The molecule has 0 aliphatic heterocycles. The van der Waals surface area contributed by atoms with Crippen LogP contribution in [0.25, 0.3) is 0 Å². The highest BCUT2D eigenvalue weighted by atomic mass is 16.6. The van der Waals surface area contributed by atoms with Gasteiger partial charge in [0.25, 0.3) is 0 Å². The second-order valence-electron chi connectivity index (χ2n) is 4.96. The third-order valence-corrected chi connectivity index (χ3v) is 1.72. The molecule has 0 radical (unpaired) electrons. The van der Waals surface area contributed by atoms with E-state index in [4.69, 9.17) is 14.2 Å². The Balaban J connectivity index is 0. The van der Waals surface area contributed by atoms with Gasteiger partial charge in [0, 0.05) is 12.1 Å². The summed E-state index contributed by atoms with van der Waals surface area (Å²) in [6, 6.07) is 0. The highest BCUT2D eigenvalue weighted by Gasteiger charge is 2.15. The molecule has 0 atom stereocenters. The van der Waals surface area contributed by atoms with Gasteiger partial charge >= 0.3 is 12.1 Å². The van der Waals surface area contributed by atoms with Gasteiger partial charge in [0.05, 0.1) is 13.2 Å². The molecular weight excluding hydrogens is 274 g/mol. The summed E-state index contributed by atoms with van der Waals surface area (Å²) < 4.78 is 15.0. The molecule has 0 saturated carbocycles. The van der Waals surface area contributed by atoms with Gasteiger partial charge in [-0.3, -0.25) is 0 Å². The number of ether oxygens (including phenoxy) is 3. The van der Waals surface area contributed by atoms with Crippen molar-refractivity contribution in [3.63, 3.8) is 0 Å². The Hall–Kier alpha value is -1.56. The van der Waals surface area contributed by atoms with Crippen molar-refractivity contribution in [2.24, 2.45) is 0 Å². The monoisotopic (exact) mass is 303 g/mol. The van der Waals surface area contributed by atoms with Crippen molar-refractivity contribution >= 4 is 12.1 Å². The van der Waals surface area contributed by atoms with Crippen LogP contribution in [0.1, 0.15) is 41.5 Å². The maximum atomic E-state index is 11.2. The predicted octanol–water partition coefficient (Wildman–Crippen LogP) is 2.67. The van der Waals surface area contributed by atoms with Crippen molar-refractivity contribution < 1.29 is 23.8 Å². The first-order valence-electron chi connectivity index (χ1n) is 7.09. The average Bonchev–Trinajstić information content (AvgIpc) is 2.37. The molecule has 124 valence electrons. The molecule has 0 heterocycles. The van der Waals surface area contributed by atoms with E-state index in [1.807, 2.05) is 13.8 Å². The molecule has 1 amide bonds. The Bertz CT molecular complexity index is 321. The molecular formula is C15H29NO5. The molecule has 0 aromatic heterocycles. The number of carbonyl (C=O) groups excluding carboxylic acids is 2. The number of alkyl carbamates (subject to hydrolysis) is 1. The second kappa shape index (κ2) is 12.2. The summed E-state index contributed by atoms with van der Waals surface area (Å²) in [6.45, 7) is 15.5. The maximum absolute atomic E-state index is 11.2. The van der Waals surface area contributed by atoms with Gasteiger partial charge in [-0.05, 0) is 27.7 Å². The fraction of sp³-hybridized carbons (Fsp3) is 0.733. The van der Waals surface area contributed by atoms with Crippen LogP contribution in [0.4, 0.5) is 4.79 Å². The van der Waals surface area contributed by atoms with Crippen LogP contribution in [0.5, 0.6) is 0 Å². The molecule has 0 aromatic carbocycles. The molecule has 0 fully saturated rings. The summed E-state index contributed by atoms with van der Waals surface area (Å²) in [5.41, 5.74) is -0.159. The lowest BCUT2D eigenvalue weighted by molar-refractivity contribution is -0.140. The number of hydrogen-bond donors (Lipinski definition) is 1. The van der Waals surface area contributed by atoms with Crippen molar-refractivity contribution in [3.05, 3.63) is 12.2 Å². The van der Waals surface area contributed by atoms with E-state index < -0.39 is 17.7 Å². The Morgan fingerprint density at radius 3 is 2.14 bits per heavy atom. The second-order valence-corrected chi connectivity index (χ2v) is 4.96. The van der Waals surface area contributed by atoms with Crippen LogP contribution in [0.2, 0.25) is 0 Å². The molecule has 0 saturated heterocycles. The molecule has 0 aromatic rings. The summed E-state index contributed by atoms with van der Waals surface area (Å²) in [5, 5.41) is 2.55. The third-order valence-electron chi connectivity index (χ3n) is 1.72. The van der Waals surface area contributed by atoms with Gasteiger partial charge in [-0.2, -0.15) is 0 Å². The van der Waals surface area contributed by atoms with Crippen LogP contribution in [0.15, 0.2) is 12.2 Å². The lowest BCUT2D eigenvalue weighted by Gasteiger charge is -2.19. The first-order chi connectivity index (χ1) is 9.72.